The first kappa shape index (κ1) is 10.1. The minimum absolute atomic E-state index is 0.218. The maximum Gasteiger partial charge on any atom is 0.250 e. The Kier molecular flexibility index (Phi) is 3.23. The zero-order chi connectivity index (χ0) is 9.07. The number of nitrogens with zero attached hydrogens (tertiary/aromatic N) is 1. The number of sulfonamides is 1. The summed E-state index contributed by atoms with van der Waals surface area (Å²) in [5.41, 5.74) is 0. The zero-order valence-electron chi connectivity index (χ0n) is 6.46. The first-order valence-electron chi connectivity index (χ1n) is 3.01. The van der Waals surface area contributed by atoms with Gasteiger partial charge in [0.2, 0.25) is 10.0 Å². The highest BCUT2D eigenvalue weighted by atomic mass is 32.2. The van der Waals surface area contributed by atoms with Gasteiger partial charge in [0.1, 0.15) is 6.07 Å². The Labute approximate surface area is 66.6 Å². The number of hydrogen-bond donors (Lipinski definition) is 1. The molecule has 0 aliphatic heterocycles. The standard InChI is InChI=1S/C6H10N2O2S/c1-5(2)8-11(9,10)6(3)4-7/h5,8H,3H2,1-2H3. The van der Waals surface area contributed by atoms with Crippen molar-refractivity contribution in [2.45, 2.75) is 19.9 Å². The summed E-state index contributed by atoms with van der Waals surface area (Å²) in [5.74, 6) is 0. The number of hydrogen-bond acceptors (Lipinski definition) is 3. The Bertz CT molecular complexity index is 284. The van der Waals surface area contributed by atoms with Crippen molar-refractivity contribution in [3.63, 3.8) is 0 Å². The molecule has 0 atom stereocenters. The van der Waals surface area contributed by atoms with Crippen molar-refractivity contribution in [2.75, 3.05) is 0 Å². The lowest BCUT2D eigenvalue weighted by atomic mass is 10.4. The molecule has 5 heteroatoms. The summed E-state index contributed by atoms with van der Waals surface area (Å²) in [6.07, 6.45) is 0. The van der Waals surface area contributed by atoms with E-state index in [0.29, 0.717) is 0 Å². The maximum absolute atomic E-state index is 10.9. The number of nitriles is 1. The topological polar surface area (TPSA) is 70.0 Å². The fraction of sp³-hybridized carbons (Fsp3) is 0.500. The molecule has 4 nitrogen and oxygen atoms in total. The van der Waals surface area contributed by atoms with Gasteiger partial charge >= 0.3 is 0 Å². The molecular formula is C6H10N2O2S. The molecule has 0 fully saturated rings. The predicted molar refractivity (Wildman–Crippen MR) is 41.9 cm³/mol. The average molecular weight is 174 g/mol. The van der Waals surface area contributed by atoms with Crippen LogP contribution >= 0.6 is 0 Å². The van der Waals surface area contributed by atoms with Gasteiger partial charge in [-0.2, -0.15) is 5.26 Å². The van der Waals surface area contributed by atoms with Crippen LogP contribution in [-0.2, 0) is 10.0 Å². The highest BCUT2D eigenvalue weighted by Crippen LogP contribution is 1.99. The second-order valence-electron chi connectivity index (χ2n) is 2.31. The van der Waals surface area contributed by atoms with Crippen LogP contribution in [0.25, 0.3) is 0 Å². The Hall–Kier alpha value is -0.860. The molecular weight excluding hydrogens is 164 g/mol. The first-order valence-corrected chi connectivity index (χ1v) is 4.50. The van der Waals surface area contributed by atoms with Crippen LogP contribution in [0.2, 0.25) is 0 Å². The van der Waals surface area contributed by atoms with E-state index in [0.717, 1.165) is 0 Å². The van der Waals surface area contributed by atoms with Crippen molar-refractivity contribution in [1.29, 1.82) is 5.26 Å². The third kappa shape index (κ3) is 3.16. The molecule has 0 bridgehead atoms. The highest BCUT2D eigenvalue weighted by molar-refractivity contribution is 7.93. The number of allylic oxidation sites excluding steroid dienone is 1. The van der Waals surface area contributed by atoms with E-state index in [9.17, 15) is 8.42 Å². The quantitative estimate of drug-likeness (QED) is 0.628. The molecule has 0 spiro atoms. The lowest BCUT2D eigenvalue weighted by Gasteiger charge is -2.06. The molecule has 0 aliphatic carbocycles. The van der Waals surface area contributed by atoms with E-state index in [-0.39, 0.29) is 6.04 Å². The highest BCUT2D eigenvalue weighted by Gasteiger charge is 2.15. The van der Waals surface area contributed by atoms with E-state index in [1.165, 1.54) is 6.07 Å². The normalized spacial score (nSPS) is 11.1. The monoisotopic (exact) mass is 174 g/mol. The molecule has 0 unspecified atom stereocenters. The second kappa shape index (κ2) is 3.51. The summed E-state index contributed by atoms with van der Waals surface area (Å²) in [4.78, 5) is -0.453. The molecule has 62 valence electrons. The van der Waals surface area contributed by atoms with Crippen LogP contribution in [0.5, 0.6) is 0 Å². The molecule has 0 rings (SSSR count). The molecule has 0 aromatic heterocycles. The lowest BCUT2D eigenvalue weighted by molar-refractivity contribution is 0.577. The Morgan fingerprint density at radius 3 is 2.36 bits per heavy atom. The number of nitrogens with one attached hydrogen (secondary N) is 1. The summed E-state index contributed by atoms with van der Waals surface area (Å²) in [6.45, 7) is 6.42. The molecule has 0 saturated carbocycles. The van der Waals surface area contributed by atoms with Crippen LogP contribution in [0.1, 0.15) is 13.8 Å². The van der Waals surface area contributed by atoms with Crippen LogP contribution in [0.4, 0.5) is 0 Å². The van der Waals surface area contributed by atoms with E-state index in [1.54, 1.807) is 13.8 Å². The molecule has 0 aromatic carbocycles. The van der Waals surface area contributed by atoms with E-state index in [4.69, 9.17) is 5.26 Å². The molecule has 0 amide bonds. The maximum atomic E-state index is 10.9. The second-order valence-corrected chi connectivity index (χ2v) is 4.05. The van der Waals surface area contributed by atoms with Gasteiger partial charge in [0.25, 0.3) is 0 Å². The third-order valence-electron chi connectivity index (χ3n) is 0.840. The van der Waals surface area contributed by atoms with Crippen molar-refractivity contribution in [1.82, 2.24) is 4.72 Å². The summed E-state index contributed by atoms with van der Waals surface area (Å²) >= 11 is 0. The van der Waals surface area contributed by atoms with E-state index >= 15 is 0 Å². The molecule has 0 aliphatic rings. The van der Waals surface area contributed by atoms with Gasteiger partial charge in [-0.3, -0.25) is 0 Å². The first-order chi connectivity index (χ1) is 4.90. The van der Waals surface area contributed by atoms with Crippen molar-refractivity contribution in [3.05, 3.63) is 11.5 Å². The van der Waals surface area contributed by atoms with Crippen molar-refractivity contribution < 1.29 is 8.42 Å². The average Bonchev–Trinajstić information content (AvgIpc) is 1.83. The van der Waals surface area contributed by atoms with Crippen LogP contribution in [0, 0.1) is 11.3 Å². The zero-order valence-corrected chi connectivity index (χ0v) is 7.27. The molecule has 1 N–H and O–H groups in total. The SMILES string of the molecule is C=C(C#N)S(=O)(=O)NC(C)C. The van der Waals surface area contributed by atoms with Gasteiger partial charge in [-0.1, -0.05) is 6.58 Å². The molecule has 11 heavy (non-hydrogen) atoms. The van der Waals surface area contributed by atoms with Gasteiger partial charge in [-0.15, -0.1) is 0 Å². The minimum Gasteiger partial charge on any atom is -0.208 e. The third-order valence-corrected chi connectivity index (χ3v) is 2.36. The smallest absolute Gasteiger partial charge is 0.208 e. The van der Waals surface area contributed by atoms with Crippen LogP contribution in [0.3, 0.4) is 0 Å². The van der Waals surface area contributed by atoms with Crippen molar-refractivity contribution in [3.8, 4) is 6.07 Å². The van der Waals surface area contributed by atoms with Crippen LogP contribution in [0.15, 0.2) is 11.5 Å². The Morgan fingerprint density at radius 1 is 1.64 bits per heavy atom. The van der Waals surface area contributed by atoms with Gasteiger partial charge in [0.05, 0.1) is 0 Å². The van der Waals surface area contributed by atoms with Crippen molar-refractivity contribution >= 4 is 10.0 Å². The number of rotatable bonds is 3. The summed E-state index contributed by atoms with van der Waals surface area (Å²) < 4.78 is 24.1. The lowest BCUT2D eigenvalue weighted by Crippen LogP contribution is -2.30. The van der Waals surface area contributed by atoms with Gasteiger partial charge in [0.15, 0.2) is 4.91 Å². The Morgan fingerprint density at radius 2 is 2.09 bits per heavy atom. The summed E-state index contributed by atoms with van der Waals surface area (Å²) in [5, 5.41) is 8.21. The predicted octanol–water partition coefficient (Wildman–Crippen LogP) is 0.351. The summed E-state index contributed by atoms with van der Waals surface area (Å²) in [6, 6.07) is 1.25. The minimum atomic E-state index is -3.62. The van der Waals surface area contributed by atoms with Crippen LogP contribution in [-0.4, -0.2) is 14.5 Å². The molecule has 0 aromatic rings. The largest absolute Gasteiger partial charge is 0.250 e. The molecule has 0 saturated heterocycles. The van der Waals surface area contributed by atoms with E-state index < -0.39 is 14.9 Å². The van der Waals surface area contributed by atoms with Crippen molar-refractivity contribution in [2.24, 2.45) is 0 Å². The van der Waals surface area contributed by atoms with Crippen LogP contribution < -0.4 is 4.72 Å². The summed E-state index contributed by atoms with van der Waals surface area (Å²) in [7, 11) is -3.62. The molecule has 0 radical (unpaired) electrons. The fourth-order valence-corrected chi connectivity index (χ4v) is 1.32. The van der Waals surface area contributed by atoms with Gasteiger partial charge < -0.3 is 0 Å². The Balaban J connectivity index is 4.53. The van der Waals surface area contributed by atoms with Gasteiger partial charge in [-0.05, 0) is 13.8 Å². The van der Waals surface area contributed by atoms with E-state index in [2.05, 4.69) is 11.3 Å². The van der Waals surface area contributed by atoms with E-state index in [1.807, 2.05) is 0 Å². The van der Waals surface area contributed by atoms with Gasteiger partial charge in [-0.25, -0.2) is 13.1 Å². The molecule has 0 heterocycles. The van der Waals surface area contributed by atoms with Gasteiger partial charge in [0, 0.05) is 6.04 Å². The fourth-order valence-electron chi connectivity index (χ4n) is 0.442.